The van der Waals surface area contributed by atoms with Crippen LogP contribution in [-0.2, 0) is 23.8 Å². The number of aromatic nitrogens is 1. The molecule has 0 atom stereocenters. The van der Waals surface area contributed by atoms with Gasteiger partial charge in [-0.1, -0.05) is 259 Å². The van der Waals surface area contributed by atoms with Crippen LogP contribution in [0.3, 0.4) is 0 Å². The monoisotopic (exact) mass is 1110 g/mol. The normalized spacial score (nSPS) is 13.1. The summed E-state index contributed by atoms with van der Waals surface area (Å²) >= 11 is 1.96. The first-order valence-corrected chi connectivity index (χ1v) is 31.1. The zero-order valence-electron chi connectivity index (χ0n) is 49.2. The van der Waals surface area contributed by atoms with Gasteiger partial charge in [-0.05, 0) is 176 Å². The van der Waals surface area contributed by atoms with Crippen molar-refractivity contribution >= 4 is 100 Å². The Hall–Kier alpha value is -9.09. The number of fused-ring (bicyclic) bond motifs is 7. The number of benzene rings is 13. The first kappa shape index (κ1) is 51.5. The molecule has 0 aliphatic carbocycles. The summed E-state index contributed by atoms with van der Waals surface area (Å²) in [5.74, 6) is 0. The molecule has 0 N–H and O–H groups in total. The highest BCUT2D eigenvalue weighted by Gasteiger charge is 2.41. The lowest BCUT2D eigenvalue weighted by Gasteiger charge is -2.41. The average molecular weight is 1110 g/mol. The van der Waals surface area contributed by atoms with Crippen molar-refractivity contribution in [1.29, 1.82) is 0 Å². The third kappa shape index (κ3) is 8.62. The summed E-state index contributed by atoms with van der Waals surface area (Å²) in [7, 11) is 0. The summed E-state index contributed by atoms with van der Waals surface area (Å²) in [6.45, 7) is 15.6. The topological polar surface area (TPSA) is 8.17 Å². The van der Waals surface area contributed by atoms with E-state index in [1.165, 1.54) is 158 Å². The first-order chi connectivity index (χ1) is 41.4. The van der Waals surface area contributed by atoms with Gasteiger partial charge in [-0.3, -0.25) is 0 Å². The molecule has 4 heteroatoms. The second kappa shape index (κ2) is 19.8. The number of rotatable bonds is 9. The molecule has 13 aromatic carbocycles. The third-order valence-corrected chi connectivity index (χ3v) is 19.8. The van der Waals surface area contributed by atoms with E-state index in [1.807, 2.05) is 11.8 Å². The molecule has 3 heterocycles. The molecule has 2 aliphatic heterocycles. The predicted molar refractivity (Wildman–Crippen MR) is 367 cm³/mol. The molecule has 85 heavy (non-hydrogen) atoms. The minimum Gasteiger partial charge on any atom is -0.342 e. The van der Waals surface area contributed by atoms with Crippen molar-refractivity contribution in [2.24, 2.45) is 0 Å². The van der Waals surface area contributed by atoms with Crippen LogP contribution in [0.5, 0.6) is 0 Å². The van der Waals surface area contributed by atoms with Gasteiger partial charge in [0.15, 0.2) is 0 Å². The second-order valence-electron chi connectivity index (χ2n) is 25.9. The van der Waals surface area contributed by atoms with E-state index in [0.717, 1.165) is 19.5 Å². The lowest BCUT2D eigenvalue weighted by atomic mass is 9.34. The van der Waals surface area contributed by atoms with Gasteiger partial charge in [0.25, 0.3) is 0 Å². The van der Waals surface area contributed by atoms with Crippen molar-refractivity contribution in [3.05, 3.63) is 271 Å². The summed E-state index contributed by atoms with van der Waals surface area (Å²) < 4.78 is 2.55. The minimum absolute atomic E-state index is 0.00218. The molecule has 0 fully saturated rings. The molecule has 2 nitrogen and oxygen atoms in total. The number of hydrogen-bond donors (Lipinski definition) is 0. The Morgan fingerprint density at radius 2 is 0.953 bits per heavy atom. The van der Waals surface area contributed by atoms with Gasteiger partial charge in [0.1, 0.15) is 0 Å². The van der Waals surface area contributed by atoms with Crippen molar-refractivity contribution in [1.82, 2.24) is 4.57 Å². The van der Waals surface area contributed by atoms with Gasteiger partial charge in [0.2, 0.25) is 6.71 Å². The maximum atomic E-state index is 2.71. The number of para-hydroxylation sites is 2. The zero-order chi connectivity index (χ0) is 57.3. The van der Waals surface area contributed by atoms with Crippen molar-refractivity contribution in [3.8, 4) is 44.5 Å². The van der Waals surface area contributed by atoms with Crippen LogP contribution in [0.4, 0.5) is 11.4 Å². The Bertz CT molecular complexity index is 4860. The van der Waals surface area contributed by atoms with Gasteiger partial charge >= 0.3 is 0 Å². The van der Waals surface area contributed by atoms with Gasteiger partial charge in [-0.25, -0.2) is 0 Å². The van der Waals surface area contributed by atoms with Crippen LogP contribution in [0.1, 0.15) is 63.8 Å². The van der Waals surface area contributed by atoms with E-state index < -0.39 is 0 Å². The van der Waals surface area contributed by atoms with Crippen LogP contribution in [0.15, 0.2) is 259 Å². The molecule has 408 valence electrons. The van der Waals surface area contributed by atoms with E-state index in [4.69, 9.17) is 0 Å². The number of hydrogen-bond acceptors (Lipinski definition) is 2. The molecule has 0 saturated heterocycles. The van der Waals surface area contributed by atoms with Crippen molar-refractivity contribution in [3.63, 3.8) is 0 Å². The molecule has 1 aromatic heterocycles. The van der Waals surface area contributed by atoms with E-state index >= 15 is 0 Å². The van der Waals surface area contributed by atoms with Gasteiger partial charge in [-0.2, -0.15) is 0 Å². The first-order valence-electron chi connectivity index (χ1n) is 30.3. The van der Waals surface area contributed by atoms with Gasteiger partial charge < -0.3 is 9.47 Å². The van der Waals surface area contributed by atoms with Gasteiger partial charge in [0, 0.05) is 56.1 Å². The van der Waals surface area contributed by atoms with Crippen LogP contribution in [-0.4, -0.2) is 17.8 Å². The molecule has 16 rings (SSSR count). The minimum atomic E-state index is -0.0327. The van der Waals surface area contributed by atoms with Crippen molar-refractivity contribution < 1.29 is 0 Å². The Balaban J connectivity index is 0.931. The summed E-state index contributed by atoms with van der Waals surface area (Å²) in [5, 5.41) is 10.6. The molecule has 0 unspecified atom stereocenters. The highest BCUT2D eigenvalue weighted by atomic mass is 32.2. The third-order valence-electron chi connectivity index (χ3n) is 18.7. The Morgan fingerprint density at radius 1 is 0.388 bits per heavy atom. The molecule has 0 spiro atoms. The maximum Gasteiger partial charge on any atom is 0.249 e. The molecule has 0 radical (unpaired) electrons. The smallest absolute Gasteiger partial charge is 0.249 e. The lowest BCUT2D eigenvalue weighted by Crippen LogP contribution is -2.60. The summed E-state index contributed by atoms with van der Waals surface area (Å²) in [6.07, 6.45) is 0.834. The standard InChI is InChI=1S/C81H65BN2S/c1-80(2,3)60-43-57-33-34-58-44-61(81(4,5)6)49-68-67(46-59(45-60)77(57)78(58)68)56-36-38-75-70(48-56)82-69-47-55(52-21-10-7-11-22-52)35-37-73(69)83(40-39-64-62(53-23-12-8-13-24-53)29-20-30-63(64)54-25-14-9-15-26-54)74-41-51(42-76(85-75)79(74)82)50-84-71-31-18-16-27-65(71)66-28-17-19-32-72(66)84/h7-38,41-49H,39-40,50H2,1-6H3. The summed E-state index contributed by atoms with van der Waals surface area (Å²) in [6, 6.07) is 95.0. The molecule has 0 saturated carbocycles. The van der Waals surface area contributed by atoms with E-state index in [-0.39, 0.29) is 17.5 Å². The zero-order valence-corrected chi connectivity index (χ0v) is 50.0. The van der Waals surface area contributed by atoms with E-state index in [1.54, 1.807) is 0 Å². The van der Waals surface area contributed by atoms with E-state index in [2.05, 4.69) is 300 Å². The summed E-state index contributed by atoms with van der Waals surface area (Å²) in [5.41, 5.74) is 24.6. The molecular weight excluding hydrogens is 1040 g/mol. The quantitative estimate of drug-likeness (QED) is 0.105. The number of nitrogens with zero attached hydrogens (tertiary/aromatic N) is 2. The number of anilines is 2. The molecule has 0 bridgehead atoms. The van der Waals surface area contributed by atoms with E-state index in [0.29, 0.717) is 0 Å². The predicted octanol–water partition coefficient (Wildman–Crippen LogP) is 19.7. The van der Waals surface area contributed by atoms with Crippen LogP contribution in [0, 0.1) is 0 Å². The highest BCUT2D eigenvalue weighted by Crippen LogP contribution is 2.47. The fourth-order valence-electron chi connectivity index (χ4n) is 14.4. The van der Waals surface area contributed by atoms with Crippen LogP contribution in [0.2, 0.25) is 0 Å². The second-order valence-corrected chi connectivity index (χ2v) is 27.0. The molecule has 2 aliphatic rings. The largest absolute Gasteiger partial charge is 0.342 e. The van der Waals surface area contributed by atoms with E-state index in [9.17, 15) is 0 Å². The highest BCUT2D eigenvalue weighted by molar-refractivity contribution is 8.00. The summed E-state index contributed by atoms with van der Waals surface area (Å²) in [4.78, 5) is 5.36. The molecular formula is C81H65BN2S. The fourth-order valence-corrected chi connectivity index (χ4v) is 15.6. The van der Waals surface area contributed by atoms with Gasteiger partial charge in [-0.15, -0.1) is 0 Å². The molecule has 14 aromatic rings. The van der Waals surface area contributed by atoms with Crippen molar-refractivity contribution in [2.75, 3.05) is 11.4 Å². The maximum absolute atomic E-state index is 2.71. The van der Waals surface area contributed by atoms with Crippen LogP contribution < -0.4 is 21.3 Å². The SMILES string of the molecule is CC(C)(C)c1cc2ccc3cc(C(C)(C)C)cc4c(-c5ccc6c(c5)B5c7cc(-c8ccccc8)ccc7N(CCc7c(-c8ccccc8)cccc7-c7ccccc7)c7cc(Cn8c9ccccc9c9ccccc98)cc(c75)S6)cc(c1)c2c34. The van der Waals surface area contributed by atoms with Crippen LogP contribution >= 0.6 is 11.8 Å². The van der Waals surface area contributed by atoms with Gasteiger partial charge in [0.05, 0.1) is 0 Å². The Labute approximate surface area is 503 Å². The lowest BCUT2D eigenvalue weighted by molar-refractivity contribution is 0.591. The Morgan fingerprint density at radius 3 is 1.60 bits per heavy atom. The Kier molecular flexibility index (Phi) is 12.0. The fraction of sp³-hybridized carbons (Fsp3) is 0.136. The average Bonchev–Trinajstić information content (AvgIpc) is 1.47. The van der Waals surface area contributed by atoms with Crippen LogP contribution in [0.25, 0.3) is 98.6 Å². The molecule has 0 amide bonds. The van der Waals surface area contributed by atoms with Crippen molar-refractivity contribution in [2.45, 2.75) is 75.1 Å².